The average Bonchev–Trinajstić information content (AvgIpc) is 3.86. The van der Waals surface area contributed by atoms with Crippen molar-refractivity contribution in [2.45, 2.75) is 0 Å². The third-order valence-electron chi connectivity index (χ3n) is 12.0. The Morgan fingerprint density at radius 3 is 1.59 bits per heavy atom. The fourth-order valence-corrected chi connectivity index (χ4v) is 9.12. The van der Waals surface area contributed by atoms with E-state index in [0.29, 0.717) is 0 Å². The van der Waals surface area contributed by atoms with Crippen LogP contribution in [0.25, 0.3) is 93.2 Å². The number of para-hydroxylation sites is 1. The van der Waals surface area contributed by atoms with Crippen LogP contribution in [-0.2, 0) is 0 Å². The van der Waals surface area contributed by atoms with E-state index in [1.54, 1.807) is 0 Å². The fourth-order valence-electron chi connectivity index (χ4n) is 9.12. The first-order valence-corrected chi connectivity index (χ1v) is 20.2. The van der Waals surface area contributed by atoms with Crippen LogP contribution in [0, 0.1) is 0 Å². The standard InChI is InChI=1S/C56H36N2O/c1-3-11-37(12-4-1)38-19-26-44(27-20-38)57(46-30-34-50-52-33-24-41-14-8-10-18-48(41)56(52)59-54(50)36-46)45-28-21-39(22-29-45)42-25-31-49-51-32-23-40-13-7-9-17-47(40)55(51)58(53(49)35-42)43-15-5-2-6-16-43/h1-36H. The van der Waals surface area contributed by atoms with Crippen LogP contribution in [0.5, 0.6) is 0 Å². The van der Waals surface area contributed by atoms with E-state index in [9.17, 15) is 0 Å². The van der Waals surface area contributed by atoms with Gasteiger partial charge in [0.05, 0.1) is 11.0 Å². The minimum atomic E-state index is 0.867. The first kappa shape index (κ1) is 33.3. The molecule has 2 heterocycles. The normalized spacial score (nSPS) is 11.7. The summed E-state index contributed by atoms with van der Waals surface area (Å²) >= 11 is 0. The molecule has 0 aliphatic carbocycles. The molecule has 3 nitrogen and oxygen atoms in total. The molecule has 0 aliphatic heterocycles. The zero-order chi connectivity index (χ0) is 38.9. The van der Waals surface area contributed by atoms with Crippen molar-refractivity contribution in [3.05, 3.63) is 218 Å². The third-order valence-corrected chi connectivity index (χ3v) is 12.0. The summed E-state index contributed by atoms with van der Waals surface area (Å²) in [5.41, 5.74) is 13.2. The number of nitrogens with zero attached hydrogens (tertiary/aromatic N) is 2. The van der Waals surface area contributed by atoms with Gasteiger partial charge in [-0.15, -0.1) is 0 Å². The van der Waals surface area contributed by atoms with Gasteiger partial charge in [0.1, 0.15) is 11.2 Å². The molecule has 0 fully saturated rings. The summed E-state index contributed by atoms with van der Waals surface area (Å²) in [6.45, 7) is 0. The summed E-state index contributed by atoms with van der Waals surface area (Å²) in [5.74, 6) is 0. The SMILES string of the molecule is c1ccc(-c2ccc(N(c3ccc(-c4ccc5c6ccc7ccccc7c6n(-c6ccccc6)c5c4)cc3)c3ccc4c(c3)oc3c5ccccc5ccc43)cc2)cc1. The van der Waals surface area contributed by atoms with E-state index >= 15 is 0 Å². The van der Waals surface area contributed by atoms with Crippen molar-refractivity contribution in [2.75, 3.05) is 4.90 Å². The van der Waals surface area contributed by atoms with Crippen molar-refractivity contribution in [3.8, 4) is 27.9 Å². The van der Waals surface area contributed by atoms with E-state index in [1.807, 2.05) is 0 Å². The van der Waals surface area contributed by atoms with Gasteiger partial charge in [0.25, 0.3) is 0 Å². The Labute approximate surface area is 341 Å². The van der Waals surface area contributed by atoms with Crippen LogP contribution in [0.4, 0.5) is 17.1 Å². The highest BCUT2D eigenvalue weighted by molar-refractivity contribution is 6.19. The number of benzene rings is 10. The summed E-state index contributed by atoms with van der Waals surface area (Å²) in [6, 6.07) is 78.6. The molecular weight excluding hydrogens is 717 g/mol. The molecule has 0 saturated heterocycles. The van der Waals surface area contributed by atoms with Gasteiger partial charge in [-0.25, -0.2) is 0 Å². The van der Waals surface area contributed by atoms with Crippen LogP contribution in [-0.4, -0.2) is 4.57 Å². The van der Waals surface area contributed by atoms with Crippen molar-refractivity contribution >= 4 is 82.4 Å². The van der Waals surface area contributed by atoms with Crippen LogP contribution in [0.1, 0.15) is 0 Å². The topological polar surface area (TPSA) is 21.3 Å². The van der Waals surface area contributed by atoms with Crippen LogP contribution in [0.15, 0.2) is 223 Å². The second kappa shape index (κ2) is 13.4. The Morgan fingerprint density at radius 2 is 0.864 bits per heavy atom. The molecule has 0 N–H and O–H groups in total. The molecule has 0 saturated carbocycles. The number of anilines is 3. The molecule has 0 amide bonds. The minimum Gasteiger partial charge on any atom is -0.455 e. The molecule has 0 atom stereocenters. The van der Waals surface area contributed by atoms with Crippen molar-refractivity contribution in [2.24, 2.45) is 0 Å². The molecule has 3 heteroatoms. The van der Waals surface area contributed by atoms with Gasteiger partial charge in [0.2, 0.25) is 0 Å². The zero-order valence-corrected chi connectivity index (χ0v) is 32.1. The average molecular weight is 753 g/mol. The van der Waals surface area contributed by atoms with E-state index in [1.165, 1.54) is 54.7 Å². The first-order valence-electron chi connectivity index (χ1n) is 20.2. The van der Waals surface area contributed by atoms with Gasteiger partial charge in [-0.3, -0.25) is 0 Å². The van der Waals surface area contributed by atoms with Crippen molar-refractivity contribution < 1.29 is 4.42 Å². The number of aromatic nitrogens is 1. The number of rotatable bonds is 6. The number of hydrogen-bond donors (Lipinski definition) is 0. The highest BCUT2D eigenvalue weighted by Gasteiger charge is 2.19. The summed E-state index contributed by atoms with van der Waals surface area (Å²) in [4.78, 5) is 2.32. The molecule has 10 aromatic carbocycles. The van der Waals surface area contributed by atoms with Gasteiger partial charge < -0.3 is 13.9 Å². The minimum absolute atomic E-state index is 0.867. The van der Waals surface area contributed by atoms with Gasteiger partial charge >= 0.3 is 0 Å². The fraction of sp³-hybridized carbons (Fsp3) is 0. The molecular formula is C56H36N2O. The molecule has 12 aromatic rings. The number of fused-ring (bicyclic) bond motifs is 10. The second-order valence-corrected chi connectivity index (χ2v) is 15.3. The van der Waals surface area contributed by atoms with E-state index in [0.717, 1.165) is 55.6 Å². The lowest BCUT2D eigenvalue weighted by Gasteiger charge is -2.26. The van der Waals surface area contributed by atoms with Gasteiger partial charge in [-0.05, 0) is 93.7 Å². The second-order valence-electron chi connectivity index (χ2n) is 15.3. The zero-order valence-electron chi connectivity index (χ0n) is 32.1. The molecule has 0 radical (unpaired) electrons. The highest BCUT2D eigenvalue weighted by atomic mass is 16.3. The van der Waals surface area contributed by atoms with Crippen LogP contribution < -0.4 is 4.90 Å². The Bertz CT molecular complexity index is 3530. The maximum absolute atomic E-state index is 6.68. The molecule has 59 heavy (non-hydrogen) atoms. The van der Waals surface area contributed by atoms with Gasteiger partial charge in [-0.1, -0.05) is 152 Å². The van der Waals surface area contributed by atoms with E-state index in [2.05, 4.69) is 228 Å². The Balaban J connectivity index is 0.989. The number of hydrogen-bond acceptors (Lipinski definition) is 2. The van der Waals surface area contributed by atoms with Crippen molar-refractivity contribution in [1.82, 2.24) is 4.57 Å². The summed E-state index contributed by atoms with van der Waals surface area (Å²) < 4.78 is 9.11. The van der Waals surface area contributed by atoms with Gasteiger partial charge in [0.15, 0.2) is 0 Å². The number of furan rings is 1. The van der Waals surface area contributed by atoms with Crippen LogP contribution in [0.2, 0.25) is 0 Å². The molecule has 276 valence electrons. The maximum atomic E-state index is 6.68. The Morgan fingerprint density at radius 1 is 0.339 bits per heavy atom. The molecule has 0 spiro atoms. The third kappa shape index (κ3) is 5.44. The highest BCUT2D eigenvalue weighted by Crippen LogP contribution is 2.42. The van der Waals surface area contributed by atoms with E-state index in [4.69, 9.17) is 4.42 Å². The Kier molecular flexibility index (Phi) is 7.54. The lowest BCUT2D eigenvalue weighted by Crippen LogP contribution is -2.09. The van der Waals surface area contributed by atoms with Crippen LogP contribution in [0.3, 0.4) is 0 Å². The lowest BCUT2D eigenvalue weighted by atomic mass is 10.0. The Hall–Kier alpha value is -7.88. The van der Waals surface area contributed by atoms with E-state index in [-0.39, 0.29) is 0 Å². The van der Waals surface area contributed by atoms with Gasteiger partial charge in [-0.2, -0.15) is 0 Å². The van der Waals surface area contributed by atoms with Crippen LogP contribution >= 0.6 is 0 Å². The van der Waals surface area contributed by atoms with E-state index < -0.39 is 0 Å². The van der Waals surface area contributed by atoms with Gasteiger partial charge in [0, 0.05) is 61.1 Å². The molecule has 2 aromatic heterocycles. The summed E-state index contributed by atoms with van der Waals surface area (Å²) in [6.07, 6.45) is 0. The predicted molar refractivity (Wildman–Crippen MR) is 249 cm³/mol. The first-order chi connectivity index (χ1) is 29.2. The maximum Gasteiger partial charge on any atom is 0.143 e. The molecule has 12 rings (SSSR count). The molecule has 0 unspecified atom stereocenters. The largest absolute Gasteiger partial charge is 0.455 e. The van der Waals surface area contributed by atoms with Crippen molar-refractivity contribution in [3.63, 3.8) is 0 Å². The summed E-state index contributed by atoms with van der Waals surface area (Å²) in [5, 5.41) is 9.54. The quantitative estimate of drug-likeness (QED) is 0.169. The monoisotopic (exact) mass is 752 g/mol. The predicted octanol–water partition coefficient (Wildman–Crippen LogP) is 15.8. The van der Waals surface area contributed by atoms with Crippen molar-refractivity contribution in [1.29, 1.82) is 0 Å². The smallest absolute Gasteiger partial charge is 0.143 e. The lowest BCUT2D eigenvalue weighted by molar-refractivity contribution is 0.672. The molecule has 0 aliphatic rings. The molecule has 0 bridgehead atoms. The summed E-state index contributed by atoms with van der Waals surface area (Å²) in [7, 11) is 0.